The molecule has 1 atom stereocenters. The summed E-state index contributed by atoms with van der Waals surface area (Å²) in [4.78, 5) is 0. The number of hydrogen-bond donors (Lipinski definition) is 0. The van der Waals surface area contributed by atoms with Crippen LogP contribution in [0.25, 0.3) is 0 Å². The molecule has 0 spiro atoms. The van der Waals surface area contributed by atoms with E-state index in [-0.39, 0.29) is 0 Å². The molecular weight excluding hydrogens is 211 g/mol. The van der Waals surface area contributed by atoms with Gasteiger partial charge in [-0.15, -0.1) is 0 Å². The van der Waals surface area contributed by atoms with Crippen LogP contribution in [-0.2, 0) is 6.42 Å². The van der Waals surface area contributed by atoms with Crippen LogP contribution in [0.4, 0.5) is 4.39 Å². The molecule has 0 amide bonds. The van der Waals surface area contributed by atoms with Crippen molar-refractivity contribution in [2.75, 3.05) is 0 Å². The van der Waals surface area contributed by atoms with Crippen molar-refractivity contribution in [1.82, 2.24) is 0 Å². The quantitative estimate of drug-likeness (QED) is 0.694. The van der Waals surface area contributed by atoms with E-state index in [0.29, 0.717) is 6.42 Å². The van der Waals surface area contributed by atoms with Gasteiger partial charge < -0.3 is 0 Å². The third-order valence-electron chi connectivity index (χ3n) is 2.93. The lowest BCUT2D eigenvalue weighted by Gasteiger charge is -2.08. The van der Waals surface area contributed by atoms with Gasteiger partial charge in [-0.3, -0.25) is 0 Å². The molecule has 2 aromatic rings. The van der Waals surface area contributed by atoms with Gasteiger partial charge in [0.1, 0.15) is 6.17 Å². The van der Waals surface area contributed by atoms with Crippen LogP contribution in [0.2, 0.25) is 0 Å². The Kier molecular flexibility index (Phi) is 4.31. The number of benzene rings is 2. The van der Waals surface area contributed by atoms with Gasteiger partial charge in [-0.1, -0.05) is 60.7 Å². The van der Waals surface area contributed by atoms with Gasteiger partial charge in [-0.25, -0.2) is 4.39 Å². The lowest BCUT2D eigenvalue weighted by atomic mass is 10.0. The van der Waals surface area contributed by atoms with Crippen LogP contribution in [0.3, 0.4) is 0 Å². The molecule has 0 saturated heterocycles. The van der Waals surface area contributed by atoms with Crippen molar-refractivity contribution in [2.24, 2.45) is 0 Å². The van der Waals surface area contributed by atoms with Crippen molar-refractivity contribution >= 4 is 0 Å². The Bertz CT molecular complexity index is 422. The average Bonchev–Trinajstić information content (AvgIpc) is 2.41. The number of hydrogen-bond acceptors (Lipinski definition) is 0. The smallest absolute Gasteiger partial charge is 0.125 e. The van der Waals surface area contributed by atoms with Crippen molar-refractivity contribution < 1.29 is 4.39 Å². The second-order valence-electron chi connectivity index (χ2n) is 4.26. The molecule has 0 saturated carbocycles. The largest absolute Gasteiger partial charge is 0.242 e. The molecule has 1 unspecified atom stereocenters. The van der Waals surface area contributed by atoms with E-state index in [1.165, 1.54) is 5.56 Å². The van der Waals surface area contributed by atoms with E-state index >= 15 is 0 Å². The van der Waals surface area contributed by atoms with Crippen molar-refractivity contribution in [3.05, 3.63) is 71.8 Å². The fraction of sp³-hybridized carbons (Fsp3) is 0.250. The fourth-order valence-electron chi connectivity index (χ4n) is 1.96. The Hall–Kier alpha value is -1.63. The van der Waals surface area contributed by atoms with E-state index in [4.69, 9.17) is 0 Å². The molecular formula is C16H17F. The summed E-state index contributed by atoms with van der Waals surface area (Å²) in [6, 6.07) is 19.6. The van der Waals surface area contributed by atoms with Gasteiger partial charge in [0.15, 0.2) is 0 Å². The van der Waals surface area contributed by atoms with Crippen molar-refractivity contribution in [2.45, 2.75) is 25.4 Å². The zero-order valence-electron chi connectivity index (χ0n) is 9.85. The van der Waals surface area contributed by atoms with Gasteiger partial charge in [-0.05, 0) is 30.4 Å². The summed E-state index contributed by atoms with van der Waals surface area (Å²) in [7, 11) is 0. The fourth-order valence-corrected chi connectivity index (χ4v) is 1.96. The van der Waals surface area contributed by atoms with Crippen molar-refractivity contribution in [3.63, 3.8) is 0 Å². The highest BCUT2D eigenvalue weighted by atomic mass is 19.1. The minimum atomic E-state index is -0.833. The molecule has 0 aromatic heterocycles. The molecule has 0 aliphatic heterocycles. The molecule has 88 valence electrons. The lowest BCUT2D eigenvalue weighted by Crippen LogP contribution is -1.93. The normalized spacial score (nSPS) is 12.3. The van der Waals surface area contributed by atoms with E-state index in [9.17, 15) is 4.39 Å². The van der Waals surface area contributed by atoms with Gasteiger partial charge >= 0.3 is 0 Å². The number of rotatable bonds is 5. The van der Waals surface area contributed by atoms with Crippen LogP contribution in [0.1, 0.15) is 30.1 Å². The Labute approximate surface area is 102 Å². The first-order valence-corrected chi connectivity index (χ1v) is 6.09. The van der Waals surface area contributed by atoms with Crippen LogP contribution >= 0.6 is 0 Å². The SMILES string of the molecule is FC(CCCc1ccccc1)c1ccccc1. The molecule has 0 fully saturated rings. The monoisotopic (exact) mass is 228 g/mol. The molecule has 0 bridgehead atoms. The predicted octanol–water partition coefficient (Wildman–Crippen LogP) is 4.72. The highest BCUT2D eigenvalue weighted by molar-refractivity contribution is 5.18. The molecule has 0 N–H and O–H groups in total. The maximum Gasteiger partial charge on any atom is 0.125 e. The van der Waals surface area contributed by atoms with Crippen LogP contribution in [0, 0.1) is 0 Å². The van der Waals surface area contributed by atoms with Crippen LogP contribution in [-0.4, -0.2) is 0 Å². The summed E-state index contributed by atoms with van der Waals surface area (Å²) in [6.07, 6.45) is 1.60. The minimum Gasteiger partial charge on any atom is -0.242 e. The third-order valence-corrected chi connectivity index (χ3v) is 2.93. The molecule has 2 rings (SSSR count). The summed E-state index contributed by atoms with van der Waals surface area (Å²) >= 11 is 0. The number of halogens is 1. The summed E-state index contributed by atoms with van der Waals surface area (Å²) in [5, 5.41) is 0. The topological polar surface area (TPSA) is 0 Å². The van der Waals surface area contributed by atoms with Gasteiger partial charge in [0, 0.05) is 0 Å². The summed E-state index contributed by atoms with van der Waals surface area (Å²) in [5.41, 5.74) is 2.08. The Morgan fingerprint density at radius 3 is 2.06 bits per heavy atom. The van der Waals surface area contributed by atoms with Crippen molar-refractivity contribution in [3.8, 4) is 0 Å². The van der Waals surface area contributed by atoms with Gasteiger partial charge in [0.05, 0.1) is 0 Å². The average molecular weight is 228 g/mol. The molecule has 2 aromatic carbocycles. The zero-order valence-corrected chi connectivity index (χ0v) is 9.85. The van der Waals surface area contributed by atoms with Gasteiger partial charge in [-0.2, -0.15) is 0 Å². The van der Waals surface area contributed by atoms with Crippen molar-refractivity contribution in [1.29, 1.82) is 0 Å². The molecule has 0 aliphatic rings. The maximum absolute atomic E-state index is 13.8. The standard InChI is InChI=1S/C16H17F/c17-16(15-11-5-2-6-12-15)13-7-10-14-8-3-1-4-9-14/h1-6,8-9,11-12,16H,7,10,13H2. The van der Waals surface area contributed by atoms with E-state index in [2.05, 4.69) is 12.1 Å². The second-order valence-corrected chi connectivity index (χ2v) is 4.26. The first-order valence-electron chi connectivity index (χ1n) is 6.09. The molecule has 0 heterocycles. The van der Waals surface area contributed by atoms with Gasteiger partial charge in [0.2, 0.25) is 0 Å². The molecule has 1 heteroatoms. The predicted molar refractivity (Wildman–Crippen MR) is 69.7 cm³/mol. The third kappa shape index (κ3) is 3.70. The summed E-state index contributed by atoms with van der Waals surface area (Å²) in [6.45, 7) is 0. The van der Waals surface area contributed by atoms with E-state index in [1.807, 2.05) is 48.5 Å². The van der Waals surface area contributed by atoms with Crippen LogP contribution in [0.5, 0.6) is 0 Å². The molecule has 0 radical (unpaired) electrons. The number of alkyl halides is 1. The first kappa shape index (κ1) is 11.8. The Morgan fingerprint density at radius 1 is 0.824 bits per heavy atom. The van der Waals surface area contributed by atoms with Crippen LogP contribution < -0.4 is 0 Å². The first-order chi connectivity index (χ1) is 8.36. The summed E-state index contributed by atoms with van der Waals surface area (Å²) in [5.74, 6) is 0. The minimum absolute atomic E-state index is 0.596. The Balaban J connectivity index is 1.79. The number of aryl methyl sites for hydroxylation is 1. The highest BCUT2D eigenvalue weighted by Crippen LogP contribution is 2.23. The highest BCUT2D eigenvalue weighted by Gasteiger charge is 2.08. The Morgan fingerprint density at radius 2 is 1.41 bits per heavy atom. The van der Waals surface area contributed by atoms with Gasteiger partial charge in [0.25, 0.3) is 0 Å². The summed E-state index contributed by atoms with van der Waals surface area (Å²) < 4.78 is 13.8. The van der Waals surface area contributed by atoms with E-state index in [1.54, 1.807) is 0 Å². The van der Waals surface area contributed by atoms with E-state index < -0.39 is 6.17 Å². The molecule has 0 aliphatic carbocycles. The van der Waals surface area contributed by atoms with E-state index in [0.717, 1.165) is 18.4 Å². The lowest BCUT2D eigenvalue weighted by molar-refractivity contribution is 0.317. The maximum atomic E-state index is 13.8. The second kappa shape index (κ2) is 6.19. The molecule has 17 heavy (non-hydrogen) atoms. The van der Waals surface area contributed by atoms with Crippen LogP contribution in [0.15, 0.2) is 60.7 Å². The molecule has 0 nitrogen and oxygen atoms in total. The zero-order chi connectivity index (χ0) is 11.9.